The van der Waals surface area contributed by atoms with Gasteiger partial charge in [0.1, 0.15) is 0 Å². The first-order chi connectivity index (χ1) is 8.60. The van der Waals surface area contributed by atoms with Gasteiger partial charge in [-0.25, -0.2) is 0 Å². The van der Waals surface area contributed by atoms with Crippen LogP contribution in [0.4, 0.5) is 0 Å². The van der Waals surface area contributed by atoms with Crippen molar-refractivity contribution in [1.82, 2.24) is 0 Å². The monoisotopic (exact) mass is 262 g/mol. The number of aliphatic hydroxyl groups is 1. The van der Waals surface area contributed by atoms with Crippen LogP contribution < -0.4 is 0 Å². The maximum Gasteiger partial charge on any atom is 0.0588 e. The highest BCUT2D eigenvalue weighted by Gasteiger charge is 2.21. The summed E-state index contributed by atoms with van der Waals surface area (Å²) in [5, 5.41) is 10.0. The molecule has 0 aliphatic heterocycles. The van der Waals surface area contributed by atoms with Crippen molar-refractivity contribution in [2.75, 3.05) is 0 Å². The Hall–Kier alpha value is -0.820. The van der Waals surface area contributed by atoms with E-state index in [0.29, 0.717) is 0 Å². The lowest BCUT2D eigenvalue weighted by Crippen LogP contribution is -2.25. The normalized spacial score (nSPS) is 14.5. The maximum absolute atomic E-state index is 10.0. The molecule has 0 amide bonds. The Morgan fingerprint density at radius 1 is 0.947 bits per heavy atom. The van der Waals surface area contributed by atoms with Crippen molar-refractivity contribution in [2.45, 2.75) is 72.3 Å². The molecule has 0 radical (unpaired) electrons. The van der Waals surface area contributed by atoms with Crippen molar-refractivity contribution < 1.29 is 5.11 Å². The van der Waals surface area contributed by atoms with E-state index in [1.54, 1.807) is 0 Å². The smallest absolute Gasteiger partial charge is 0.0588 e. The highest BCUT2D eigenvalue weighted by molar-refractivity contribution is 5.27. The molecule has 108 valence electrons. The standard InChI is InChI=1S/C18H30O/c1-17(2,3)15-12-10-14(11-13-15)8-7-9-16(19)18(4,5)6/h10-13,16,19H,7-9H2,1-6H3. The van der Waals surface area contributed by atoms with Gasteiger partial charge in [0, 0.05) is 0 Å². The third-order valence-electron chi connectivity index (χ3n) is 3.76. The molecule has 0 saturated carbocycles. The summed E-state index contributed by atoms with van der Waals surface area (Å²) in [6, 6.07) is 8.92. The minimum atomic E-state index is -0.207. The van der Waals surface area contributed by atoms with Crippen LogP contribution in [-0.2, 0) is 11.8 Å². The zero-order valence-corrected chi connectivity index (χ0v) is 13.5. The minimum absolute atomic E-state index is 0.00388. The van der Waals surface area contributed by atoms with Gasteiger partial charge in [-0.05, 0) is 41.2 Å². The van der Waals surface area contributed by atoms with E-state index >= 15 is 0 Å². The van der Waals surface area contributed by atoms with E-state index in [4.69, 9.17) is 0 Å². The number of aliphatic hydroxyl groups excluding tert-OH is 1. The highest BCUT2D eigenvalue weighted by atomic mass is 16.3. The first-order valence-corrected chi connectivity index (χ1v) is 7.38. The predicted octanol–water partition coefficient (Wildman–Crippen LogP) is 4.71. The van der Waals surface area contributed by atoms with Crippen LogP contribution in [0.15, 0.2) is 24.3 Å². The molecule has 1 heteroatoms. The second-order valence-electron chi connectivity index (χ2n) is 7.72. The molecule has 0 aliphatic rings. The summed E-state index contributed by atoms with van der Waals surface area (Å²) < 4.78 is 0. The lowest BCUT2D eigenvalue weighted by Gasteiger charge is -2.25. The van der Waals surface area contributed by atoms with Crippen molar-refractivity contribution in [3.05, 3.63) is 35.4 Å². The molecule has 0 fully saturated rings. The molecular weight excluding hydrogens is 232 g/mol. The topological polar surface area (TPSA) is 20.2 Å². The molecule has 1 aromatic rings. The zero-order valence-electron chi connectivity index (χ0n) is 13.5. The van der Waals surface area contributed by atoms with Gasteiger partial charge in [-0.15, -0.1) is 0 Å². The van der Waals surface area contributed by atoms with E-state index in [-0.39, 0.29) is 16.9 Å². The lowest BCUT2D eigenvalue weighted by molar-refractivity contribution is 0.0540. The van der Waals surface area contributed by atoms with Crippen molar-refractivity contribution in [1.29, 1.82) is 0 Å². The minimum Gasteiger partial charge on any atom is -0.393 e. The lowest BCUT2D eigenvalue weighted by atomic mass is 9.85. The third kappa shape index (κ3) is 5.36. The van der Waals surface area contributed by atoms with Gasteiger partial charge in [0.25, 0.3) is 0 Å². The SMILES string of the molecule is CC(C)(C)c1ccc(CCCC(O)C(C)(C)C)cc1. The number of aryl methyl sites for hydroxylation is 1. The van der Waals surface area contributed by atoms with Crippen molar-refractivity contribution in [3.63, 3.8) is 0 Å². The molecule has 0 heterocycles. The maximum atomic E-state index is 10.0. The molecule has 1 atom stereocenters. The molecule has 1 N–H and O–H groups in total. The van der Waals surface area contributed by atoms with E-state index in [9.17, 15) is 5.11 Å². The second-order valence-corrected chi connectivity index (χ2v) is 7.72. The van der Waals surface area contributed by atoms with Gasteiger partial charge in [-0.1, -0.05) is 65.8 Å². The molecule has 0 saturated heterocycles. The van der Waals surface area contributed by atoms with Gasteiger partial charge in [0.05, 0.1) is 6.10 Å². The first kappa shape index (κ1) is 16.2. The summed E-state index contributed by atoms with van der Waals surface area (Å²) in [4.78, 5) is 0. The van der Waals surface area contributed by atoms with E-state index in [1.165, 1.54) is 11.1 Å². The molecule has 0 aromatic heterocycles. The summed E-state index contributed by atoms with van der Waals surface area (Å²) in [5.74, 6) is 0. The molecule has 0 bridgehead atoms. The van der Waals surface area contributed by atoms with Gasteiger partial charge in [0.2, 0.25) is 0 Å². The van der Waals surface area contributed by atoms with E-state index in [2.05, 4.69) is 65.8 Å². The van der Waals surface area contributed by atoms with Gasteiger partial charge in [-0.3, -0.25) is 0 Å². The number of hydrogen-bond acceptors (Lipinski definition) is 1. The van der Waals surface area contributed by atoms with Gasteiger partial charge in [-0.2, -0.15) is 0 Å². The van der Waals surface area contributed by atoms with Crippen LogP contribution in [0.2, 0.25) is 0 Å². The Balaban J connectivity index is 2.47. The molecule has 1 nitrogen and oxygen atoms in total. The van der Waals surface area contributed by atoms with Crippen LogP contribution in [0.1, 0.15) is 65.5 Å². The third-order valence-corrected chi connectivity index (χ3v) is 3.76. The summed E-state index contributed by atoms with van der Waals surface area (Å²) >= 11 is 0. The zero-order chi connectivity index (χ0) is 14.7. The van der Waals surface area contributed by atoms with Gasteiger partial charge >= 0.3 is 0 Å². The molecular formula is C18H30O. The van der Waals surface area contributed by atoms with Crippen molar-refractivity contribution >= 4 is 0 Å². The largest absolute Gasteiger partial charge is 0.393 e. The quantitative estimate of drug-likeness (QED) is 0.833. The van der Waals surface area contributed by atoms with E-state index in [0.717, 1.165) is 19.3 Å². The second kappa shape index (κ2) is 6.09. The fourth-order valence-corrected chi connectivity index (χ4v) is 2.10. The Morgan fingerprint density at radius 2 is 1.47 bits per heavy atom. The Kier molecular flexibility index (Phi) is 5.20. The summed E-state index contributed by atoms with van der Waals surface area (Å²) in [5.41, 5.74) is 2.97. The fraction of sp³-hybridized carbons (Fsp3) is 0.667. The molecule has 0 spiro atoms. The van der Waals surface area contributed by atoms with Crippen LogP contribution in [0.25, 0.3) is 0 Å². The highest BCUT2D eigenvalue weighted by Crippen LogP contribution is 2.24. The number of rotatable bonds is 4. The average Bonchev–Trinajstić information content (AvgIpc) is 2.27. The van der Waals surface area contributed by atoms with E-state index < -0.39 is 0 Å². The summed E-state index contributed by atoms with van der Waals surface area (Å²) in [7, 11) is 0. The summed E-state index contributed by atoms with van der Waals surface area (Å²) in [6.45, 7) is 13.0. The molecule has 0 aliphatic carbocycles. The van der Waals surface area contributed by atoms with Crippen LogP contribution in [-0.4, -0.2) is 11.2 Å². The van der Waals surface area contributed by atoms with Crippen LogP contribution in [0.3, 0.4) is 0 Å². The number of benzene rings is 1. The van der Waals surface area contributed by atoms with Crippen LogP contribution >= 0.6 is 0 Å². The number of hydrogen-bond donors (Lipinski definition) is 1. The molecule has 1 unspecified atom stereocenters. The molecule has 1 rings (SSSR count). The van der Waals surface area contributed by atoms with Gasteiger partial charge in [0.15, 0.2) is 0 Å². The van der Waals surface area contributed by atoms with Crippen LogP contribution in [0, 0.1) is 5.41 Å². The van der Waals surface area contributed by atoms with E-state index in [1.807, 2.05) is 0 Å². The van der Waals surface area contributed by atoms with Crippen molar-refractivity contribution in [3.8, 4) is 0 Å². The Labute approximate surface area is 119 Å². The predicted molar refractivity (Wildman–Crippen MR) is 83.5 cm³/mol. The summed E-state index contributed by atoms with van der Waals surface area (Å²) in [6.07, 6.45) is 2.77. The van der Waals surface area contributed by atoms with Crippen LogP contribution in [0.5, 0.6) is 0 Å². The Morgan fingerprint density at radius 3 is 1.89 bits per heavy atom. The molecule has 19 heavy (non-hydrogen) atoms. The molecule has 1 aromatic carbocycles. The Bertz CT molecular complexity index is 376. The van der Waals surface area contributed by atoms with Crippen molar-refractivity contribution in [2.24, 2.45) is 5.41 Å². The fourth-order valence-electron chi connectivity index (χ4n) is 2.10. The first-order valence-electron chi connectivity index (χ1n) is 7.38. The average molecular weight is 262 g/mol. The van der Waals surface area contributed by atoms with Gasteiger partial charge < -0.3 is 5.11 Å².